The summed E-state index contributed by atoms with van der Waals surface area (Å²) in [4.78, 5) is 17.6. The molecule has 2 aliphatic carbocycles. The lowest BCUT2D eigenvalue weighted by Gasteiger charge is -2.15. The summed E-state index contributed by atoms with van der Waals surface area (Å²) in [6.45, 7) is 2.12. The van der Waals surface area contributed by atoms with Crippen LogP contribution in [0.1, 0.15) is 48.2 Å². The van der Waals surface area contributed by atoms with Crippen LogP contribution in [-0.2, 0) is 29.2 Å². The fraction of sp³-hybridized carbons (Fsp3) is 0.318. The lowest BCUT2D eigenvalue weighted by atomic mass is 10.0. The molecule has 2 aliphatic rings. The molecule has 0 radical (unpaired) electrons. The van der Waals surface area contributed by atoms with Crippen molar-refractivity contribution in [2.75, 3.05) is 5.32 Å². The fourth-order valence-electron chi connectivity index (χ4n) is 4.50. The number of carbonyl (C=O) groups is 1. The second-order valence-electron chi connectivity index (χ2n) is 8.22. The van der Waals surface area contributed by atoms with Crippen molar-refractivity contribution in [2.24, 2.45) is 9.50 Å². The van der Waals surface area contributed by atoms with Crippen molar-refractivity contribution in [3.05, 3.63) is 64.9 Å². The van der Waals surface area contributed by atoms with Gasteiger partial charge in [0.2, 0.25) is 5.03 Å². The molecule has 0 aliphatic heterocycles. The van der Waals surface area contributed by atoms with E-state index in [9.17, 15) is 13.4 Å². The molecule has 0 saturated heterocycles. The van der Waals surface area contributed by atoms with E-state index >= 15 is 0 Å². The predicted octanol–water partition coefficient (Wildman–Crippen LogP) is 3.88. The molecule has 2 amide bonds. The van der Waals surface area contributed by atoms with Gasteiger partial charge in [0.15, 0.2) is 15.7 Å². The van der Waals surface area contributed by atoms with Crippen molar-refractivity contribution >= 4 is 21.6 Å². The molecule has 3 aromatic rings. The van der Waals surface area contributed by atoms with E-state index in [1.54, 1.807) is 24.3 Å². The number of pyridine rings is 1. The summed E-state index contributed by atoms with van der Waals surface area (Å²) in [5, 5.41) is 12.0. The molecule has 8 nitrogen and oxygen atoms in total. The van der Waals surface area contributed by atoms with Gasteiger partial charge in [0.25, 0.3) is 0 Å². The van der Waals surface area contributed by atoms with Crippen LogP contribution in [0.3, 0.4) is 0 Å². The molecule has 0 bridgehead atoms. The average Bonchev–Trinajstić information content (AvgIpc) is 3.47. The highest BCUT2D eigenvalue weighted by molar-refractivity contribution is 7.91. The number of benzene rings is 1. The minimum absolute atomic E-state index is 0.318. The quantitative estimate of drug-likeness (QED) is 0.625. The maximum Gasteiger partial charge on any atom is 0.354 e. The number of halogens is 1. The Balaban J connectivity index is 1.48. The number of aromatic nitrogens is 3. The van der Waals surface area contributed by atoms with E-state index in [1.165, 1.54) is 4.68 Å². The third kappa shape index (κ3) is 3.59. The summed E-state index contributed by atoms with van der Waals surface area (Å²) in [6.07, 6.45) is 5.48. The van der Waals surface area contributed by atoms with Crippen LogP contribution in [0.4, 0.5) is 14.9 Å². The van der Waals surface area contributed by atoms with Crippen molar-refractivity contribution < 1.29 is 13.4 Å². The minimum Gasteiger partial charge on any atom is -0.305 e. The Morgan fingerprint density at radius 3 is 2.81 bits per heavy atom. The van der Waals surface area contributed by atoms with E-state index in [2.05, 4.69) is 21.7 Å². The summed E-state index contributed by atoms with van der Waals surface area (Å²) in [5.74, 6) is -0.573. The molecule has 10 heteroatoms. The van der Waals surface area contributed by atoms with Crippen molar-refractivity contribution in [3.63, 3.8) is 0 Å². The number of fused-ring (bicyclic) bond motifs is 2. The predicted molar refractivity (Wildman–Crippen MR) is 119 cm³/mol. The normalized spacial score (nSPS) is 18.7. The number of hydrogen-bond donors (Lipinski definition) is 2. The largest absolute Gasteiger partial charge is 0.354 e. The Bertz CT molecular complexity index is 1340. The number of hydrogen-bond acceptors (Lipinski definition) is 4. The number of nitrogens with zero attached hydrogens (tertiary/aromatic N) is 4. The molecule has 0 fully saturated rings. The Labute approximate surface area is 185 Å². The van der Waals surface area contributed by atoms with Gasteiger partial charge in [-0.2, -0.15) is 5.10 Å². The fourth-order valence-corrected chi connectivity index (χ4v) is 5.41. The maximum absolute atomic E-state index is 14.5. The van der Waals surface area contributed by atoms with E-state index in [4.69, 9.17) is 10.1 Å². The van der Waals surface area contributed by atoms with Gasteiger partial charge in [0.1, 0.15) is 0 Å². The maximum atomic E-state index is 14.5. The van der Waals surface area contributed by atoms with Gasteiger partial charge in [-0.3, -0.25) is 4.98 Å². The second kappa shape index (κ2) is 7.79. The highest BCUT2D eigenvalue weighted by atomic mass is 32.2. The third-order valence-electron chi connectivity index (χ3n) is 6.04. The Kier molecular flexibility index (Phi) is 5.06. The van der Waals surface area contributed by atoms with Gasteiger partial charge >= 0.3 is 6.03 Å². The van der Waals surface area contributed by atoms with Gasteiger partial charge in [-0.25, -0.2) is 23.2 Å². The number of rotatable bonds is 3. The van der Waals surface area contributed by atoms with Crippen molar-refractivity contribution in [1.29, 1.82) is 0 Å². The van der Waals surface area contributed by atoms with Crippen LogP contribution in [0.15, 0.2) is 45.9 Å². The SMILES string of the molecule is CC1CCc2c1nc1c(c2NC(=O)N=S(N)(=O)c2nn(-c3ccccc3)cc2F)CCC1. The molecule has 1 aromatic carbocycles. The number of carbonyl (C=O) groups excluding carboxylic acids is 1. The molecule has 0 saturated carbocycles. The number of urea groups is 1. The first-order valence-electron chi connectivity index (χ1n) is 10.5. The summed E-state index contributed by atoms with van der Waals surface area (Å²) in [5.41, 5.74) is 5.27. The van der Waals surface area contributed by atoms with Crippen molar-refractivity contribution in [3.8, 4) is 5.69 Å². The number of para-hydroxylation sites is 1. The Hall–Kier alpha value is -3.11. The summed E-state index contributed by atoms with van der Waals surface area (Å²) in [7, 11) is -3.90. The van der Waals surface area contributed by atoms with E-state index in [0.717, 1.165) is 60.8 Å². The number of amides is 2. The van der Waals surface area contributed by atoms with E-state index in [-0.39, 0.29) is 0 Å². The van der Waals surface area contributed by atoms with E-state index in [1.807, 2.05) is 6.07 Å². The van der Waals surface area contributed by atoms with Gasteiger partial charge < -0.3 is 5.32 Å². The molecular weight excluding hydrogens is 431 g/mol. The van der Waals surface area contributed by atoms with Crippen molar-refractivity contribution in [2.45, 2.75) is 50.0 Å². The molecule has 2 unspecified atom stereocenters. The molecule has 0 spiro atoms. The summed E-state index contributed by atoms with van der Waals surface area (Å²) >= 11 is 0. The molecule has 32 heavy (non-hydrogen) atoms. The average molecular weight is 455 g/mol. The molecule has 166 valence electrons. The zero-order valence-corrected chi connectivity index (χ0v) is 18.4. The van der Waals surface area contributed by atoms with Gasteiger partial charge in [0.05, 0.1) is 17.6 Å². The molecular formula is C22H23FN6O2S. The standard InChI is InChI=1S/C22H23FN6O2S/c1-13-10-11-16-19(13)25-18-9-5-8-15(18)20(16)26-22(30)28-32(24,31)21-17(23)12-29(27-21)14-6-3-2-4-7-14/h2-4,6-7,12-13H,5,8-11H2,1H3,(H3,24,25,26,28,30,31). The van der Waals surface area contributed by atoms with Crippen molar-refractivity contribution in [1.82, 2.24) is 14.8 Å². The first-order chi connectivity index (χ1) is 15.3. The monoisotopic (exact) mass is 454 g/mol. The summed E-state index contributed by atoms with van der Waals surface area (Å²) in [6, 6.07) is 7.88. The number of nitrogens with two attached hydrogens (primary N) is 1. The van der Waals surface area contributed by atoms with Gasteiger partial charge in [-0.15, -0.1) is 4.36 Å². The number of anilines is 1. The van der Waals surface area contributed by atoms with Crippen LogP contribution in [-0.4, -0.2) is 25.0 Å². The molecule has 3 N–H and O–H groups in total. The van der Waals surface area contributed by atoms with Crippen LogP contribution in [0.2, 0.25) is 0 Å². The Morgan fingerprint density at radius 1 is 1.25 bits per heavy atom. The lowest BCUT2D eigenvalue weighted by molar-refractivity contribution is 0.260. The first kappa shape index (κ1) is 20.8. The number of nitrogens with one attached hydrogen (secondary N) is 1. The molecule has 2 atom stereocenters. The zero-order chi connectivity index (χ0) is 22.5. The highest BCUT2D eigenvalue weighted by Gasteiger charge is 2.30. The smallest absolute Gasteiger partial charge is 0.305 e. The Morgan fingerprint density at radius 2 is 2.03 bits per heavy atom. The van der Waals surface area contributed by atoms with Crippen LogP contribution in [0.25, 0.3) is 5.69 Å². The lowest BCUT2D eigenvalue weighted by Crippen LogP contribution is -2.20. The zero-order valence-electron chi connectivity index (χ0n) is 17.5. The molecule has 2 aromatic heterocycles. The van der Waals surface area contributed by atoms with Crippen LogP contribution in [0.5, 0.6) is 0 Å². The topological polar surface area (TPSA) is 115 Å². The highest BCUT2D eigenvalue weighted by Crippen LogP contribution is 2.41. The van der Waals surface area contributed by atoms with E-state index < -0.39 is 26.8 Å². The van der Waals surface area contributed by atoms with Crippen LogP contribution >= 0.6 is 0 Å². The molecule has 5 rings (SSSR count). The number of aryl methyl sites for hydroxylation is 1. The second-order valence-corrected chi connectivity index (χ2v) is 9.93. The van der Waals surface area contributed by atoms with E-state index in [0.29, 0.717) is 17.3 Å². The van der Waals surface area contributed by atoms with Gasteiger partial charge in [-0.1, -0.05) is 25.1 Å². The van der Waals surface area contributed by atoms with Gasteiger partial charge in [0, 0.05) is 11.4 Å². The molecule has 2 heterocycles. The van der Waals surface area contributed by atoms with Gasteiger partial charge in [-0.05, 0) is 61.3 Å². The van der Waals surface area contributed by atoms with Crippen LogP contribution in [0, 0.1) is 5.82 Å². The third-order valence-corrected chi connectivity index (χ3v) is 7.31. The summed E-state index contributed by atoms with van der Waals surface area (Å²) < 4.78 is 32.4. The first-order valence-corrected chi connectivity index (χ1v) is 12.1. The minimum atomic E-state index is -3.90. The van der Waals surface area contributed by atoms with Crippen LogP contribution < -0.4 is 10.5 Å².